The van der Waals surface area contributed by atoms with Gasteiger partial charge in [-0.25, -0.2) is 4.39 Å². The average Bonchev–Trinajstić information content (AvgIpc) is 3.24. The van der Waals surface area contributed by atoms with Crippen molar-refractivity contribution in [2.24, 2.45) is 7.05 Å². The SMILES string of the molecule is Cc1ccc([C@@H](C)NC(=O)c2cn(C)nc2C2CC2)cc1F. The molecule has 116 valence electrons. The Bertz CT molecular complexity index is 719. The van der Waals surface area contributed by atoms with E-state index in [0.29, 0.717) is 17.0 Å². The van der Waals surface area contributed by atoms with Crippen LogP contribution in [0.15, 0.2) is 24.4 Å². The van der Waals surface area contributed by atoms with E-state index in [1.165, 1.54) is 6.07 Å². The number of aromatic nitrogens is 2. The topological polar surface area (TPSA) is 46.9 Å². The standard InChI is InChI=1S/C17H20FN3O/c1-10-4-5-13(8-15(10)18)11(2)19-17(22)14-9-21(3)20-16(14)12-6-7-12/h4-5,8-9,11-12H,6-7H2,1-3H3,(H,19,22)/t11-/m1/s1. The number of halogens is 1. The molecule has 1 heterocycles. The molecule has 1 aromatic heterocycles. The van der Waals surface area contributed by atoms with Crippen molar-refractivity contribution in [2.45, 2.75) is 38.6 Å². The molecule has 0 spiro atoms. The van der Waals surface area contributed by atoms with Gasteiger partial charge in [0.1, 0.15) is 5.82 Å². The highest BCUT2D eigenvalue weighted by atomic mass is 19.1. The van der Waals surface area contributed by atoms with E-state index in [0.717, 1.165) is 24.1 Å². The van der Waals surface area contributed by atoms with Gasteiger partial charge in [-0.15, -0.1) is 0 Å². The van der Waals surface area contributed by atoms with Gasteiger partial charge in [0.2, 0.25) is 0 Å². The Hall–Kier alpha value is -2.17. The minimum absolute atomic E-state index is 0.150. The lowest BCUT2D eigenvalue weighted by atomic mass is 10.1. The van der Waals surface area contributed by atoms with Crippen molar-refractivity contribution < 1.29 is 9.18 Å². The molecule has 1 atom stereocenters. The van der Waals surface area contributed by atoms with Gasteiger partial charge in [-0.05, 0) is 43.9 Å². The number of carbonyl (C=O) groups excluding carboxylic acids is 1. The number of amides is 1. The van der Waals surface area contributed by atoms with Gasteiger partial charge in [-0.3, -0.25) is 9.48 Å². The van der Waals surface area contributed by atoms with E-state index in [2.05, 4.69) is 10.4 Å². The van der Waals surface area contributed by atoms with Crippen LogP contribution >= 0.6 is 0 Å². The highest BCUT2D eigenvalue weighted by molar-refractivity contribution is 5.95. The number of aryl methyl sites for hydroxylation is 2. The zero-order valence-corrected chi connectivity index (χ0v) is 13.1. The number of carbonyl (C=O) groups is 1. The van der Waals surface area contributed by atoms with Gasteiger partial charge in [-0.1, -0.05) is 12.1 Å². The molecule has 1 amide bonds. The molecule has 5 heteroatoms. The van der Waals surface area contributed by atoms with E-state index >= 15 is 0 Å². The predicted octanol–water partition coefficient (Wildman–Crippen LogP) is 3.24. The Morgan fingerprint density at radius 3 is 2.82 bits per heavy atom. The number of nitrogens with zero attached hydrogens (tertiary/aromatic N) is 2. The van der Waals surface area contributed by atoms with Crippen molar-refractivity contribution in [1.29, 1.82) is 0 Å². The van der Waals surface area contributed by atoms with E-state index in [1.807, 2.05) is 20.0 Å². The summed E-state index contributed by atoms with van der Waals surface area (Å²) in [6.45, 7) is 3.58. The van der Waals surface area contributed by atoms with Gasteiger partial charge in [0.05, 0.1) is 17.3 Å². The summed E-state index contributed by atoms with van der Waals surface area (Å²) in [5.41, 5.74) is 2.87. The Kier molecular flexibility index (Phi) is 3.72. The maximum absolute atomic E-state index is 13.7. The van der Waals surface area contributed by atoms with Crippen LogP contribution in [-0.2, 0) is 7.05 Å². The molecule has 3 rings (SSSR count). The monoisotopic (exact) mass is 301 g/mol. The summed E-state index contributed by atoms with van der Waals surface area (Å²) in [5, 5.41) is 7.33. The van der Waals surface area contributed by atoms with Crippen LogP contribution < -0.4 is 5.32 Å². The first-order chi connectivity index (χ1) is 10.5. The van der Waals surface area contributed by atoms with Gasteiger partial charge >= 0.3 is 0 Å². The highest BCUT2D eigenvalue weighted by Crippen LogP contribution is 2.40. The zero-order chi connectivity index (χ0) is 15.9. The Morgan fingerprint density at radius 1 is 1.45 bits per heavy atom. The molecular weight excluding hydrogens is 281 g/mol. The van der Waals surface area contributed by atoms with Crippen molar-refractivity contribution >= 4 is 5.91 Å². The molecule has 1 N–H and O–H groups in total. The Labute approximate surface area is 129 Å². The first-order valence-corrected chi connectivity index (χ1v) is 7.56. The third-order valence-corrected chi connectivity index (χ3v) is 4.11. The normalized spacial score (nSPS) is 15.6. The summed E-state index contributed by atoms with van der Waals surface area (Å²) < 4.78 is 15.3. The lowest BCUT2D eigenvalue weighted by Gasteiger charge is -2.15. The number of rotatable bonds is 4. The summed E-state index contributed by atoms with van der Waals surface area (Å²) >= 11 is 0. The van der Waals surface area contributed by atoms with Crippen LogP contribution in [0.2, 0.25) is 0 Å². The molecule has 0 bridgehead atoms. The second kappa shape index (κ2) is 5.55. The van der Waals surface area contributed by atoms with E-state index in [9.17, 15) is 9.18 Å². The van der Waals surface area contributed by atoms with E-state index in [-0.39, 0.29) is 17.8 Å². The minimum Gasteiger partial charge on any atom is -0.345 e. The quantitative estimate of drug-likeness (QED) is 0.942. The van der Waals surface area contributed by atoms with E-state index < -0.39 is 0 Å². The summed E-state index contributed by atoms with van der Waals surface area (Å²) in [6, 6.07) is 4.79. The van der Waals surface area contributed by atoms with Gasteiger partial charge < -0.3 is 5.32 Å². The summed E-state index contributed by atoms with van der Waals surface area (Å²) in [6.07, 6.45) is 3.94. The van der Waals surface area contributed by atoms with Gasteiger partial charge in [0, 0.05) is 19.2 Å². The Morgan fingerprint density at radius 2 is 2.18 bits per heavy atom. The molecular formula is C17H20FN3O. The smallest absolute Gasteiger partial charge is 0.255 e. The number of nitrogens with one attached hydrogen (secondary N) is 1. The summed E-state index contributed by atoms with van der Waals surface area (Å²) in [4.78, 5) is 12.5. The van der Waals surface area contributed by atoms with Crippen LogP contribution in [0.1, 0.15) is 58.9 Å². The minimum atomic E-state index is -0.255. The van der Waals surface area contributed by atoms with E-state index in [4.69, 9.17) is 0 Å². The van der Waals surface area contributed by atoms with Crippen molar-refractivity contribution in [3.8, 4) is 0 Å². The molecule has 1 fully saturated rings. The van der Waals surface area contributed by atoms with Crippen molar-refractivity contribution in [3.63, 3.8) is 0 Å². The molecule has 0 radical (unpaired) electrons. The number of hydrogen-bond donors (Lipinski definition) is 1. The van der Waals surface area contributed by atoms with Crippen LogP contribution in [0.25, 0.3) is 0 Å². The maximum atomic E-state index is 13.7. The third kappa shape index (κ3) is 2.89. The average molecular weight is 301 g/mol. The molecule has 1 aromatic carbocycles. The molecule has 4 nitrogen and oxygen atoms in total. The summed E-state index contributed by atoms with van der Waals surface area (Å²) in [7, 11) is 1.82. The van der Waals surface area contributed by atoms with Crippen LogP contribution in [0.4, 0.5) is 4.39 Å². The molecule has 1 saturated carbocycles. The maximum Gasteiger partial charge on any atom is 0.255 e. The lowest BCUT2D eigenvalue weighted by molar-refractivity contribution is 0.0938. The zero-order valence-electron chi connectivity index (χ0n) is 13.1. The van der Waals surface area contributed by atoms with Crippen molar-refractivity contribution in [1.82, 2.24) is 15.1 Å². The predicted molar refractivity (Wildman–Crippen MR) is 82.2 cm³/mol. The summed E-state index contributed by atoms with van der Waals surface area (Å²) in [5.74, 6) is 0.0104. The molecule has 0 saturated heterocycles. The fourth-order valence-corrected chi connectivity index (χ4v) is 2.58. The molecule has 2 aromatic rings. The second-order valence-corrected chi connectivity index (χ2v) is 6.08. The molecule has 1 aliphatic carbocycles. The largest absolute Gasteiger partial charge is 0.345 e. The molecule has 22 heavy (non-hydrogen) atoms. The molecule has 1 aliphatic rings. The van der Waals surface area contributed by atoms with Crippen molar-refractivity contribution in [3.05, 3.63) is 52.6 Å². The Balaban J connectivity index is 1.77. The van der Waals surface area contributed by atoms with Crippen molar-refractivity contribution in [2.75, 3.05) is 0 Å². The molecule has 0 aliphatic heterocycles. The first kappa shape index (κ1) is 14.8. The van der Waals surface area contributed by atoms with Gasteiger partial charge in [0.15, 0.2) is 0 Å². The number of hydrogen-bond acceptors (Lipinski definition) is 2. The third-order valence-electron chi connectivity index (χ3n) is 4.11. The second-order valence-electron chi connectivity index (χ2n) is 6.08. The van der Waals surface area contributed by atoms with Gasteiger partial charge in [0.25, 0.3) is 5.91 Å². The number of benzene rings is 1. The first-order valence-electron chi connectivity index (χ1n) is 7.56. The van der Waals surface area contributed by atoms with Crippen LogP contribution in [-0.4, -0.2) is 15.7 Å². The lowest BCUT2D eigenvalue weighted by Crippen LogP contribution is -2.27. The fraction of sp³-hybridized carbons (Fsp3) is 0.412. The van der Waals surface area contributed by atoms with Crippen LogP contribution in [0.3, 0.4) is 0 Å². The fourth-order valence-electron chi connectivity index (χ4n) is 2.58. The van der Waals surface area contributed by atoms with Crippen LogP contribution in [0, 0.1) is 12.7 Å². The van der Waals surface area contributed by atoms with Crippen LogP contribution in [0.5, 0.6) is 0 Å². The highest BCUT2D eigenvalue weighted by Gasteiger charge is 2.31. The molecule has 0 unspecified atom stereocenters. The van der Waals surface area contributed by atoms with E-state index in [1.54, 1.807) is 23.9 Å². The van der Waals surface area contributed by atoms with Gasteiger partial charge in [-0.2, -0.15) is 5.10 Å².